The lowest BCUT2D eigenvalue weighted by Gasteiger charge is -2.31. The van der Waals surface area contributed by atoms with E-state index in [9.17, 15) is 32.0 Å². The molecule has 7 rings (SSSR count). The molecule has 17 heteroatoms. The molecule has 3 saturated heterocycles. The van der Waals surface area contributed by atoms with Gasteiger partial charge in [-0.3, -0.25) is 9.69 Å². The minimum Gasteiger partial charge on any atom is -0.461 e. The van der Waals surface area contributed by atoms with Crippen molar-refractivity contribution < 1.29 is 35.9 Å². The van der Waals surface area contributed by atoms with Gasteiger partial charge in [0.15, 0.2) is 11.5 Å². The van der Waals surface area contributed by atoms with E-state index in [4.69, 9.17) is 10.5 Å². The molecule has 0 bridgehead atoms. The van der Waals surface area contributed by atoms with Crippen LogP contribution in [0.1, 0.15) is 30.5 Å². The first-order valence-corrected chi connectivity index (χ1v) is 16.6. The quantitative estimate of drug-likeness (QED) is 0.191. The van der Waals surface area contributed by atoms with Gasteiger partial charge in [0.2, 0.25) is 5.91 Å². The fourth-order valence-electron chi connectivity index (χ4n) is 7.51. The van der Waals surface area contributed by atoms with Crippen molar-refractivity contribution in [2.45, 2.75) is 49.4 Å². The number of halogens is 6. The average molecular weight is 717 g/mol. The van der Waals surface area contributed by atoms with Crippen LogP contribution in [0.25, 0.3) is 32.2 Å². The maximum Gasteiger partial charge on any atom is 0.433 e. The van der Waals surface area contributed by atoms with Crippen molar-refractivity contribution in [1.82, 2.24) is 24.8 Å². The molecule has 3 fully saturated rings. The summed E-state index contributed by atoms with van der Waals surface area (Å²) in [5.74, 6) is -1.48. The average Bonchev–Trinajstić information content (AvgIpc) is 3.82. The number of nitrogen functional groups attached to an aromatic ring is 1. The molecule has 0 saturated carbocycles. The van der Waals surface area contributed by atoms with E-state index in [1.807, 2.05) is 11.0 Å². The number of anilines is 2. The van der Waals surface area contributed by atoms with Gasteiger partial charge in [-0.15, -0.1) is 11.3 Å². The van der Waals surface area contributed by atoms with Crippen LogP contribution in [0.3, 0.4) is 0 Å². The number of benzene rings is 1. The molecule has 6 heterocycles. The van der Waals surface area contributed by atoms with Crippen LogP contribution in [0.4, 0.5) is 37.2 Å². The number of hydrogen-bond donors (Lipinski definition) is 1. The van der Waals surface area contributed by atoms with Crippen molar-refractivity contribution in [2.24, 2.45) is 0 Å². The molecular formula is C33H30F6N8O2S. The number of hydrogen-bond acceptors (Lipinski definition) is 10. The molecule has 50 heavy (non-hydrogen) atoms. The summed E-state index contributed by atoms with van der Waals surface area (Å²) in [7, 11) is 1.42. The summed E-state index contributed by atoms with van der Waals surface area (Å²) < 4.78 is 95.5. The fourth-order valence-corrected chi connectivity index (χ4v) is 8.46. The molecule has 2 N–H and O–H groups in total. The Balaban J connectivity index is 1.41. The zero-order chi connectivity index (χ0) is 35.7. The maximum atomic E-state index is 15.5. The molecule has 3 aliphatic heterocycles. The number of alkyl halides is 5. The van der Waals surface area contributed by atoms with E-state index in [2.05, 4.69) is 21.5 Å². The van der Waals surface area contributed by atoms with Crippen molar-refractivity contribution in [2.75, 3.05) is 50.5 Å². The number of carbonyl (C=O) groups excluding carboxylic acids is 1. The Morgan fingerprint density at radius 3 is 2.74 bits per heavy atom. The third-order valence-corrected chi connectivity index (χ3v) is 10.9. The standard InChI is InChI=1S/C33H30F6N8O2S/c1-3-24(48)46-13-21(36)23(14-46)45(2)30-26-22(42-31(44-30)49-15-32-7-4-8-47(32)12-16(34)10-32)9-18(28(43-26)33(37,38)39)17-5-6-20(35)27-25(17)19(11-40)29(41)50-27/h3,5-6,9,16,21,23H,1,4,7-8,10,12-15,41H2,2H3/t16-,21-,23+,32+/m1/s1. The molecule has 0 aliphatic carbocycles. The minimum atomic E-state index is -5.07. The van der Waals surface area contributed by atoms with Gasteiger partial charge in [0, 0.05) is 37.5 Å². The first kappa shape index (κ1) is 33.8. The van der Waals surface area contributed by atoms with E-state index in [-0.39, 0.29) is 81.7 Å². The molecule has 0 unspecified atom stereocenters. The van der Waals surface area contributed by atoms with Crippen LogP contribution in [-0.2, 0) is 11.0 Å². The highest BCUT2D eigenvalue weighted by atomic mass is 32.1. The van der Waals surface area contributed by atoms with Gasteiger partial charge in [-0.1, -0.05) is 12.6 Å². The Morgan fingerprint density at radius 2 is 2.02 bits per heavy atom. The number of nitrogens with zero attached hydrogens (tertiary/aromatic N) is 7. The molecule has 1 amide bonds. The summed E-state index contributed by atoms with van der Waals surface area (Å²) in [6, 6.07) is 3.77. The number of carbonyl (C=O) groups is 1. The summed E-state index contributed by atoms with van der Waals surface area (Å²) in [4.78, 5) is 29.7. The van der Waals surface area contributed by atoms with Crippen molar-refractivity contribution in [3.8, 4) is 23.2 Å². The van der Waals surface area contributed by atoms with Crippen LogP contribution in [-0.4, -0.2) is 94.4 Å². The number of likely N-dealkylation sites (N-methyl/N-ethyl adjacent to an activating group) is 1. The fraction of sp³-hybridized carbons (Fsp3) is 0.424. The molecule has 0 radical (unpaired) electrons. The summed E-state index contributed by atoms with van der Waals surface area (Å²) >= 11 is 0.734. The number of rotatable bonds is 7. The van der Waals surface area contributed by atoms with E-state index in [1.165, 1.54) is 16.8 Å². The van der Waals surface area contributed by atoms with Crippen LogP contribution in [0.15, 0.2) is 30.9 Å². The molecule has 4 aromatic rings. The lowest BCUT2D eigenvalue weighted by molar-refractivity contribution is -0.140. The molecule has 4 atom stereocenters. The highest BCUT2D eigenvalue weighted by Crippen LogP contribution is 2.46. The molecule has 262 valence electrons. The van der Waals surface area contributed by atoms with Crippen LogP contribution in [0, 0.1) is 17.1 Å². The third-order valence-electron chi connectivity index (χ3n) is 9.89. The van der Waals surface area contributed by atoms with Gasteiger partial charge < -0.3 is 20.3 Å². The van der Waals surface area contributed by atoms with E-state index >= 15 is 4.39 Å². The summed E-state index contributed by atoms with van der Waals surface area (Å²) in [6.07, 6.45) is -4.94. The highest BCUT2D eigenvalue weighted by Gasteiger charge is 2.49. The SMILES string of the molecule is C=CC(=O)N1C[C@@H](F)[C@@H](N(C)c2nc(OC[C@@]34CCCN3C[C@H](F)C4)nc3cc(-c4ccc(F)c5sc(N)c(C#N)c45)c(C(F)(F)F)nc23)C1. The molecule has 0 spiro atoms. The normalized spacial score (nSPS) is 23.8. The Kier molecular flexibility index (Phi) is 8.29. The van der Waals surface area contributed by atoms with Crippen LogP contribution in [0.2, 0.25) is 0 Å². The largest absolute Gasteiger partial charge is 0.461 e. The second-order valence-corrected chi connectivity index (χ2v) is 13.9. The predicted molar refractivity (Wildman–Crippen MR) is 175 cm³/mol. The zero-order valence-corrected chi connectivity index (χ0v) is 27.4. The predicted octanol–water partition coefficient (Wildman–Crippen LogP) is 5.64. The van der Waals surface area contributed by atoms with Crippen molar-refractivity contribution >= 4 is 49.2 Å². The first-order chi connectivity index (χ1) is 23.7. The van der Waals surface area contributed by atoms with Crippen LogP contribution in [0.5, 0.6) is 6.01 Å². The highest BCUT2D eigenvalue weighted by molar-refractivity contribution is 7.23. The Hall–Kier alpha value is -4.69. The van der Waals surface area contributed by atoms with Gasteiger partial charge in [-0.2, -0.15) is 28.4 Å². The smallest absolute Gasteiger partial charge is 0.433 e. The van der Waals surface area contributed by atoms with E-state index in [1.54, 1.807) is 0 Å². The molecule has 1 aromatic carbocycles. The van der Waals surface area contributed by atoms with Gasteiger partial charge in [-0.05, 0) is 43.2 Å². The van der Waals surface area contributed by atoms with Gasteiger partial charge in [-0.25, -0.2) is 18.2 Å². The summed E-state index contributed by atoms with van der Waals surface area (Å²) in [5, 5.41) is 9.64. The van der Waals surface area contributed by atoms with Crippen LogP contribution < -0.4 is 15.4 Å². The monoisotopic (exact) mass is 716 g/mol. The van der Waals surface area contributed by atoms with Gasteiger partial charge in [0.25, 0.3) is 0 Å². The molecule has 3 aromatic heterocycles. The number of fused-ring (bicyclic) bond motifs is 3. The van der Waals surface area contributed by atoms with Crippen LogP contribution >= 0.6 is 11.3 Å². The molecule has 10 nitrogen and oxygen atoms in total. The van der Waals surface area contributed by atoms with Gasteiger partial charge >= 0.3 is 12.2 Å². The number of pyridine rings is 1. The molecular weight excluding hydrogens is 686 g/mol. The number of aromatic nitrogens is 3. The number of nitriles is 1. The lowest BCUT2D eigenvalue weighted by Crippen LogP contribution is -2.43. The topological polar surface area (TPSA) is 125 Å². The van der Waals surface area contributed by atoms with Gasteiger partial charge in [0.05, 0.1) is 33.9 Å². The summed E-state index contributed by atoms with van der Waals surface area (Å²) in [5.41, 5.74) is 2.67. The zero-order valence-electron chi connectivity index (χ0n) is 26.6. The lowest BCUT2D eigenvalue weighted by atomic mass is 9.95. The van der Waals surface area contributed by atoms with Crippen molar-refractivity contribution in [3.63, 3.8) is 0 Å². The second-order valence-electron chi connectivity index (χ2n) is 12.8. The van der Waals surface area contributed by atoms with E-state index in [0.717, 1.165) is 42.0 Å². The number of nitrogens with two attached hydrogens (primary N) is 1. The molecule has 3 aliphatic rings. The van der Waals surface area contributed by atoms with E-state index < -0.39 is 53.1 Å². The number of likely N-dealkylation sites (tertiary alicyclic amines) is 1. The van der Waals surface area contributed by atoms with E-state index in [0.29, 0.717) is 13.0 Å². The minimum absolute atomic E-state index is 0.00191. The Labute approximate surface area is 285 Å². The Morgan fingerprint density at radius 1 is 1.24 bits per heavy atom. The third kappa shape index (κ3) is 5.54. The van der Waals surface area contributed by atoms with Gasteiger partial charge in [0.1, 0.15) is 41.4 Å². The number of ether oxygens (including phenoxy) is 1. The maximum absolute atomic E-state index is 15.5. The van der Waals surface area contributed by atoms with Crippen molar-refractivity contribution in [3.05, 3.63) is 47.9 Å². The Bertz CT molecular complexity index is 2090. The number of amides is 1. The second kappa shape index (κ2) is 12.3. The van der Waals surface area contributed by atoms with Crippen molar-refractivity contribution in [1.29, 1.82) is 5.26 Å². The number of thiophene rings is 1. The summed E-state index contributed by atoms with van der Waals surface area (Å²) in [6.45, 7) is 3.99. The first-order valence-electron chi connectivity index (χ1n) is 15.8.